The molecule has 2 aromatic carbocycles. The highest BCUT2D eigenvalue weighted by Gasteiger charge is 2.25. The number of sulfonamides is 1. The highest BCUT2D eigenvalue weighted by Crippen LogP contribution is 2.25. The standard InChI is InChI=1S/C24H33N3O4S/c1-5-26-13-15-27(16-14-26)24(28)20-9-12-23(31-6-2)21(17-20)18-25(4)32(29,30)22-10-7-19(3)8-11-22/h7-12,17H,5-6,13-16,18H2,1-4H3. The lowest BCUT2D eigenvalue weighted by atomic mass is 10.1. The van der Waals surface area contributed by atoms with Crippen LogP contribution in [0, 0.1) is 6.92 Å². The van der Waals surface area contributed by atoms with E-state index in [0.29, 0.717) is 36.6 Å². The Bertz CT molecular complexity index is 1030. The van der Waals surface area contributed by atoms with Crippen molar-refractivity contribution in [2.75, 3.05) is 46.4 Å². The van der Waals surface area contributed by atoms with E-state index in [1.165, 1.54) is 4.31 Å². The molecule has 0 unspecified atom stereocenters. The van der Waals surface area contributed by atoms with Crippen LogP contribution < -0.4 is 4.74 Å². The maximum absolute atomic E-state index is 13.1. The summed E-state index contributed by atoms with van der Waals surface area (Å²) in [5.41, 5.74) is 2.22. The Morgan fingerprint density at radius 1 is 1.03 bits per heavy atom. The lowest BCUT2D eigenvalue weighted by molar-refractivity contribution is 0.0643. The molecule has 2 aromatic rings. The minimum Gasteiger partial charge on any atom is -0.494 e. The number of carbonyl (C=O) groups excluding carboxylic acids is 1. The Labute approximate surface area is 191 Å². The van der Waals surface area contributed by atoms with Gasteiger partial charge in [-0.1, -0.05) is 24.6 Å². The van der Waals surface area contributed by atoms with Gasteiger partial charge in [-0.3, -0.25) is 4.79 Å². The van der Waals surface area contributed by atoms with E-state index in [9.17, 15) is 13.2 Å². The van der Waals surface area contributed by atoms with E-state index in [-0.39, 0.29) is 17.3 Å². The SMILES string of the molecule is CCOc1ccc(C(=O)N2CCN(CC)CC2)cc1CN(C)S(=O)(=O)c1ccc(C)cc1. The number of likely N-dealkylation sites (N-methyl/N-ethyl adjacent to an activating group) is 1. The Balaban J connectivity index is 1.83. The third-order valence-corrected chi connectivity index (χ3v) is 7.65. The molecule has 1 fully saturated rings. The fourth-order valence-electron chi connectivity index (χ4n) is 3.80. The van der Waals surface area contributed by atoms with Crippen molar-refractivity contribution in [3.63, 3.8) is 0 Å². The van der Waals surface area contributed by atoms with E-state index < -0.39 is 10.0 Å². The van der Waals surface area contributed by atoms with E-state index in [1.807, 2.05) is 18.7 Å². The minimum absolute atomic E-state index is 0.0332. The van der Waals surface area contributed by atoms with Crippen LogP contribution in [0.1, 0.15) is 35.3 Å². The number of amides is 1. The molecular formula is C24H33N3O4S. The predicted octanol–water partition coefficient (Wildman–Crippen LogP) is 2.99. The molecule has 1 aliphatic rings. The van der Waals surface area contributed by atoms with Crippen LogP contribution in [0.3, 0.4) is 0 Å². The number of piperazine rings is 1. The maximum atomic E-state index is 13.1. The first-order chi connectivity index (χ1) is 15.3. The molecule has 0 aromatic heterocycles. The molecule has 8 heteroatoms. The Morgan fingerprint density at radius 3 is 2.28 bits per heavy atom. The van der Waals surface area contributed by atoms with Gasteiger partial charge < -0.3 is 14.5 Å². The molecule has 1 amide bonds. The van der Waals surface area contributed by atoms with Gasteiger partial charge in [-0.05, 0) is 50.7 Å². The Hall–Kier alpha value is -2.42. The summed E-state index contributed by atoms with van der Waals surface area (Å²) >= 11 is 0. The van der Waals surface area contributed by atoms with Crippen LogP contribution in [0.15, 0.2) is 47.4 Å². The van der Waals surface area contributed by atoms with Crippen molar-refractivity contribution >= 4 is 15.9 Å². The van der Waals surface area contributed by atoms with Crippen molar-refractivity contribution in [3.8, 4) is 5.75 Å². The summed E-state index contributed by atoms with van der Waals surface area (Å²) in [7, 11) is -2.13. The van der Waals surface area contributed by atoms with Crippen LogP contribution in [-0.4, -0.2) is 74.8 Å². The highest BCUT2D eigenvalue weighted by atomic mass is 32.2. The van der Waals surface area contributed by atoms with Crippen LogP contribution in [0.5, 0.6) is 5.75 Å². The van der Waals surface area contributed by atoms with Crippen LogP contribution >= 0.6 is 0 Å². The first-order valence-corrected chi connectivity index (χ1v) is 12.5. The zero-order chi connectivity index (χ0) is 23.3. The monoisotopic (exact) mass is 459 g/mol. The molecule has 0 N–H and O–H groups in total. The zero-order valence-corrected chi connectivity index (χ0v) is 20.2. The van der Waals surface area contributed by atoms with Gasteiger partial charge in [0.05, 0.1) is 11.5 Å². The molecule has 32 heavy (non-hydrogen) atoms. The van der Waals surface area contributed by atoms with E-state index >= 15 is 0 Å². The van der Waals surface area contributed by atoms with Crippen LogP contribution in [0.4, 0.5) is 0 Å². The van der Waals surface area contributed by atoms with Crippen molar-refractivity contribution in [1.29, 1.82) is 0 Å². The first kappa shape index (κ1) is 24.2. The number of nitrogens with zero attached hydrogens (tertiary/aromatic N) is 3. The fourth-order valence-corrected chi connectivity index (χ4v) is 4.95. The molecule has 0 bridgehead atoms. The average molecular weight is 460 g/mol. The van der Waals surface area contributed by atoms with Gasteiger partial charge >= 0.3 is 0 Å². The van der Waals surface area contributed by atoms with Gasteiger partial charge in [0.25, 0.3) is 5.91 Å². The van der Waals surface area contributed by atoms with Crippen LogP contribution in [0.25, 0.3) is 0 Å². The number of benzene rings is 2. The van der Waals surface area contributed by atoms with Crippen molar-refractivity contribution in [1.82, 2.24) is 14.1 Å². The normalized spacial score (nSPS) is 15.2. The zero-order valence-electron chi connectivity index (χ0n) is 19.4. The number of carbonyl (C=O) groups is 1. The van der Waals surface area contributed by atoms with Gasteiger partial charge in [0.15, 0.2) is 0 Å². The number of ether oxygens (including phenoxy) is 1. The molecule has 0 aliphatic carbocycles. The maximum Gasteiger partial charge on any atom is 0.253 e. The topological polar surface area (TPSA) is 70.2 Å². The van der Waals surface area contributed by atoms with E-state index in [2.05, 4.69) is 11.8 Å². The summed E-state index contributed by atoms with van der Waals surface area (Å²) < 4.78 is 33.1. The summed E-state index contributed by atoms with van der Waals surface area (Å²) in [5.74, 6) is 0.555. The molecule has 0 saturated carbocycles. The lowest BCUT2D eigenvalue weighted by Gasteiger charge is -2.34. The summed E-state index contributed by atoms with van der Waals surface area (Å²) in [6.45, 7) is 10.6. The molecule has 7 nitrogen and oxygen atoms in total. The molecule has 0 atom stereocenters. The first-order valence-electron chi connectivity index (χ1n) is 11.1. The van der Waals surface area contributed by atoms with E-state index in [0.717, 1.165) is 25.2 Å². The van der Waals surface area contributed by atoms with Crippen LogP contribution in [-0.2, 0) is 16.6 Å². The third-order valence-electron chi connectivity index (χ3n) is 5.84. The van der Waals surface area contributed by atoms with Crippen molar-refractivity contribution in [3.05, 3.63) is 59.2 Å². The third kappa shape index (κ3) is 5.49. The van der Waals surface area contributed by atoms with Gasteiger partial charge in [0, 0.05) is 50.9 Å². The molecule has 1 saturated heterocycles. The van der Waals surface area contributed by atoms with Crippen molar-refractivity contribution in [2.45, 2.75) is 32.2 Å². The fraction of sp³-hybridized carbons (Fsp3) is 0.458. The van der Waals surface area contributed by atoms with Gasteiger partial charge in [0.2, 0.25) is 10.0 Å². The quantitative estimate of drug-likeness (QED) is 0.607. The minimum atomic E-state index is -3.67. The smallest absolute Gasteiger partial charge is 0.253 e. The Morgan fingerprint density at radius 2 is 1.69 bits per heavy atom. The van der Waals surface area contributed by atoms with Crippen molar-refractivity contribution in [2.24, 2.45) is 0 Å². The molecular weight excluding hydrogens is 426 g/mol. The largest absolute Gasteiger partial charge is 0.494 e. The lowest BCUT2D eigenvalue weighted by Crippen LogP contribution is -2.48. The Kier molecular flexibility index (Phi) is 7.92. The van der Waals surface area contributed by atoms with Gasteiger partial charge in [-0.15, -0.1) is 0 Å². The molecule has 174 valence electrons. The number of rotatable bonds is 8. The van der Waals surface area contributed by atoms with Gasteiger partial charge in [0.1, 0.15) is 5.75 Å². The van der Waals surface area contributed by atoms with E-state index in [1.54, 1.807) is 49.5 Å². The average Bonchev–Trinajstić information content (AvgIpc) is 2.80. The van der Waals surface area contributed by atoms with Gasteiger partial charge in [-0.25, -0.2) is 8.42 Å². The summed E-state index contributed by atoms with van der Waals surface area (Å²) in [6.07, 6.45) is 0. The summed E-state index contributed by atoms with van der Waals surface area (Å²) in [6, 6.07) is 12.1. The number of hydrogen-bond acceptors (Lipinski definition) is 5. The van der Waals surface area contributed by atoms with Crippen molar-refractivity contribution < 1.29 is 17.9 Å². The van der Waals surface area contributed by atoms with E-state index in [4.69, 9.17) is 4.74 Å². The predicted molar refractivity (Wildman–Crippen MR) is 125 cm³/mol. The summed E-state index contributed by atoms with van der Waals surface area (Å²) in [5, 5.41) is 0. The molecule has 0 radical (unpaired) electrons. The molecule has 1 aliphatic heterocycles. The molecule has 3 rings (SSSR count). The highest BCUT2D eigenvalue weighted by molar-refractivity contribution is 7.89. The molecule has 1 heterocycles. The summed E-state index contributed by atoms with van der Waals surface area (Å²) in [4.78, 5) is 17.5. The number of aryl methyl sites for hydroxylation is 1. The van der Waals surface area contributed by atoms with Crippen LogP contribution in [0.2, 0.25) is 0 Å². The number of hydrogen-bond donors (Lipinski definition) is 0. The molecule has 0 spiro atoms. The second-order valence-electron chi connectivity index (χ2n) is 8.06. The van der Waals surface area contributed by atoms with Gasteiger partial charge in [-0.2, -0.15) is 4.31 Å². The second-order valence-corrected chi connectivity index (χ2v) is 10.1. The second kappa shape index (κ2) is 10.5.